The number of nitro groups is 1. The summed E-state index contributed by atoms with van der Waals surface area (Å²) in [5.41, 5.74) is 6.23. The first-order valence-electron chi connectivity index (χ1n) is 5.83. The third kappa shape index (κ3) is 3.09. The molecule has 1 aromatic heterocycles. The second-order valence-electron chi connectivity index (χ2n) is 4.23. The molecule has 0 atom stereocenters. The van der Waals surface area contributed by atoms with E-state index in [9.17, 15) is 14.9 Å². The fourth-order valence-corrected chi connectivity index (χ4v) is 1.84. The number of anilines is 2. The van der Waals surface area contributed by atoms with Gasteiger partial charge in [-0.3, -0.25) is 14.9 Å². The van der Waals surface area contributed by atoms with Gasteiger partial charge in [-0.15, -0.1) is 0 Å². The third-order valence-corrected chi connectivity index (χ3v) is 3.17. The molecule has 2 rings (SSSR count). The molecule has 0 saturated heterocycles. The average molecular weight is 307 g/mol. The van der Waals surface area contributed by atoms with Crippen LogP contribution >= 0.6 is 11.6 Å². The van der Waals surface area contributed by atoms with Crippen molar-refractivity contribution in [2.24, 2.45) is 0 Å². The molecule has 108 valence electrons. The van der Waals surface area contributed by atoms with Gasteiger partial charge in [-0.05, 0) is 18.2 Å². The maximum absolute atomic E-state index is 12.3. The van der Waals surface area contributed by atoms with Crippen molar-refractivity contribution in [3.8, 4) is 0 Å². The van der Waals surface area contributed by atoms with Gasteiger partial charge in [0.05, 0.1) is 15.5 Å². The Kier molecular flexibility index (Phi) is 4.04. The number of amides is 1. The molecule has 8 heteroatoms. The minimum absolute atomic E-state index is 0.0446. The monoisotopic (exact) mass is 306 g/mol. The highest BCUT2D eigenvalue weighted by atomic mass is 35.5. The highest BCUT2D eigenvalue weighted by Crippen LogP contribution is 2.22. The summed E-state index contributed by atoms with van der Waals surface area (Å²) >= 11 is 5.83. The number of hydrogen-bond donors (Lipinski definition) is 1. The smallest absolute Gasteiger partial charge is 0.269 e. The van der Waals surface area contributed by atoms with Crippen molar-refractivity contribution in [3.05, 3.63) is 57.2 Å². The first-order valence-corrected chi connectivity index (χ1v) is 6.21. The van der Waals surface area contributed by atoms with Crippen LogP contribution in [0, 0.1) is 10.1 Å². The molecular formula is C13H11ClN4O3. The van der Waals surface area contributed by atoms with Crippen LogP contribution in [0.4, 0.5) is 17.2 Å². The lowest BCUT2D eigenvalue weighted by Gasteiger charge is -2.17. The van der Waals surface area contributed by atoms with Crippen LogP contribution < -0.4 is 10.6 Å². The molecule has 2 aromatic rings. The maximum atomic E-state index is 12.3. The summed E-state index contributed by atoms with van der Waals surface area (Å²) in [6.45, 7) is 0. The number of rotatable bonds is 3. The van der Waals surface area contributed by atoms with Crippen LogP contribution in [-0.4, -0.2) is 22.9 Å². The van der Waals surface area contributed by atoms with E-state index in [-0.39, 0.29) is 28.0 Å². The lowest BCUT2D eigenvalue weighted by molar-refractivity contribution is -0.384. The van der Waals surface area contributed by atoms with Gasteiger partial charge in [0, 0.05) is 31.1 Å². The zero-order valence-corrected chi connectivity index (χ0v) is 11.7. The van der Waals surface area contributed by atoms with Crippen LogP contribution in [0.15, 0.2) is 36.5 Å². The number of non-ortho nitro benzene ring substituents is 1. The predicted octanol–water partition coefficient (Wildman–Crippen LogP) is 2.50. The molecule has 1 aromatic carbocycles. The number of nitro benzene ring substituents is 1. The number of benzene rings is 1. The average Bonchev–Trinajstić information content (AvgIpc) is 2.48. The van der Waals surface area contributed by atoms with Gasteiger partial charge in [0.15, 0.2) is 0 Å². The van der Waals surface area contributed by atoms with Gasteiger partial charge in [0.2, 0.25) is 0 Å². The van der Waals surface area contributed by atoms with E-state index >= 15 is 0 Å². The van der Waals surface area contributed by atoms with Crippen molar-refractivity contribution in [1.29, 1.82) is 0 Å². The Morgan fingerprint density at radius 3 is 2.52 bits per heavy atom. The van der Waals surface area contributed by atoms with Crippen LogP contribution in [0.5, 0.6) is 0 Å². The summed E-state index contributed by atoms with van der Waals surface area (Å²) in [6, 6.07) is 7.06. The molecule has 1 amide bonds. The largest absolute Gasteiger partial charge is 0.382 e. The molecule has 21 heavy (non-hydrogen) atoms. The van der Waals surface area contributed by atoms with Gasteiger partial charge in [0.1, 0.15) is 5.82 Å². The maximum Gasteiger partial charge on any atom is 0.269 e. The highest BCUT2D eigenvalue weighted by Gasteiger charge is 2.16. The number of hydrogen-bond acceptors (Lipinski definition) is 5. The third-order valence-electron chi connectivity index (χ3n) is 2.87. The fourth-order valence-electron chi connectivity index (χ4n) is 1.67. The van der Waals surface area contributed by atoms with Gasteiger partial charge < -0.3 is 10.6 Å². The molecular weight excluding hydrogens is 296 g/mol. The molecule has 2 N–H and O–H groups in total. The summed E-state index contributed by atoms with van der Waals surface area (Å²) in [6.07, 6.45) is 1.32. The minimum atomic E-state index is -0.505. The number of aromatic nitrogens is 1. The molecule has 7 nitrogen and oxygen atoms in total. The zero-order valence-electron chi connectivity index (χ0n) is 11.0. The summed E-state index contributed by atoms with van der Waals surface area (Å²) < 4.78 is 0. The van der Waals surface area contributed by atoms with Gasteiger partial charge in [-0.25, -0.2) is 4.98 Å². The summed E-state index contributed by atoms with van der Waals surface area (Å²) in [5, 5.41) is 10.8. The topological polar surface area (TPSA) is 102 Å². The van der Waals surface area contributed by atoms with Crippen LogP contribution in [0.3, 0.4) is 0 Å². The van der Waals surface area contributed by atoms with E-state index in [1.165, 1.54) is 41.4 Å². The zero-order chi connectivity index (χ0) is 15.6. The number of nitrogens with zero attached hydrogens (tertiary/aromatic N) is 3. The van der Waals surface area contributed by atoms with Crippen molar-refractivity contribution in [2.45, 2.75) is 0 Å². The quantitative estimate of drug-likeness (QED) is 0.693. The first-order chi connectivity index (χ1) is 9.90. The van der Waals surface area contributed by atoms with Crippen LogP contribution in [-0.2, 0) is 0 Å². The molecule has 0 saturated carbocycles. The Morgan fingerprint density at radius 2 is 2.00 bits per heavy atom. The molecule has 0 radical (unpaired) electrons. The Morgan fingerprint density at radius 1 is 1.38 bits per heavy atom. The minimum Gasteiger partial charge on any atom is -0.382 e. The second kappa shape index (κ2) is 5.76. The van der Waals surface area contributed by atoms with Crippen molar-refractivity contribution in [2.75, 3.05) is 17.7 Å². The SMILES string of the molecule is CN(C(=O)c1cnc(N)c(Cl)c1)c1ccc([N+](=O)[O-])cc1. The molecule has 0 unspecified atom stereocenters. The lowest BCUT2D eigenvalue weighted by atomic mass is 10.2. The lowest BCUT2D eigenvalue weighted by Crippen LogP contribution is -2.26. The molecule has 0 spiro atoms. The van der Waals surface area contributed by atoms with Crippen LogP contribution in [0.1, 0.15) is 10.4 Å². The number of carbonyl (C=O) groups is 1. The molecule has 0 fully saturated rings. The summed E-state index contributed by atoms with van der Waals surface area (Å²) in [7, 11) is 1.55. The number of nitrogen functional groups attached to an aromatic ring is 1. The van der Waals surface area contributed by atoms with Gasteiger partial charge >= 0.3 is 0 Å². The van der Waals surface area contributed by atoms with E-state index in [1.807, 2.05) is 0 Å². The molecule has 0 bridgehead atoms. The molecule has 0 aliphatic carbocycles. The van der Waals surface area contributed by atoms with Crippen LogP contribution in [0.2, 0.25) is 5.02 Å². The molecule has 0 aliphatic heterocycles. The van der Waals surface area contributed by atoms with E-state index in [0.717, 1.165) is 0 Å². The number of nitrogens with two attached hydrogens (primary N) is 1. The normalized spacial score (nSPS) is 10.2. The van der Waals surface area contributed by atoms with Crippen molar-refractivity contribution in [3.63, 3.8) is 0 Å². The van der Waals surface area contributed by atoms with Gasteiger partial charge in [0.25, 0.3) is 11.6 Å². The number of pyridine rings is 1. The van der Waals surface area contributed by atoms with Crippen molar-refractivity contribution in [1.82, 2.24) is 4.98 Å². The second-order valence-corrected chi connectivity index (χ2v) is 4.64. The van der Waals surface area contributed by atoms with Crippen LogP contribution in [0.25, 0.3) is 0 Å². The van der Waals surface area contributed by atoms with Gasteiger partial charge in [-0.1, -0.05) is 11.6 Å². The Bertz CT molecular complexity index is 703. The standard InChI is InChI=1S/C13H11ClN4O3/c1-17(9-2-4-10(5-3-9)18(20)21)13(19)8-6-11(14)12(15)16-7-8/h2-7H,1H3,(H2,15,16). The Balaban J connectivity index is 2.25. The van der Waals surface area contributed by atoms with E-state index < -0.39 is 4.92 Å². The predicted molar refractivity (Wildman–Crippen MR) is 79.5 cm³/mol. The van der Waals surface area contributed by atoms with Gasteiger partial charge in [-0.2, -0.15) is 0 Å². The Hall–Kier alpha value is -2.67. The van der Waals surface area contributed by atoms with E-state index in [1.54, 1.807) is 7.05 Å². The van der Waals surface area contributed by atoms with E-state index in [0.29, 0.717) is 5.69 Å². The summed E-state index contributed by atoms with van der Waals surface area (Å²) in [5.74, 6) is -0.204. The Labute approximate surface area is 125 Å². The fraction of sp³-hybridized carbons (Fsp3) is 0.0769. The molecule has 1 heterocycles. The van der Waals surface area contributed by atoms with E-state index in [4.69, 9.17) is 17.3 Å². The van der Waals surface area contributed by atoms with Crippen molar-refractivity contribution < 1.29 is 9.72 Å². The number of carbonyl (C=O) groups excluding carboxylic acids is 1. The van der Waals surface area contributed by atoms with Crippen molar-refractivity contribution >= 4 is 34.7 Å². The number of halogens is 1. The molecule has 0 aliphatic rings. The summed E-state index contributed by atoms with van der Waals surface area (Å²) in [4.78, 5) is 27.5. The highest BCUT2D eigenvalue weighted by molar-refractivity contribution is 6.33. The first kappa shape index (κ1) is 14.7. The van der Waals surface area contributed by atoms with E-state index in [2.05, 4.69) is 4.98 Å².